The first-order chi connectivity index (χ1) is 10.4. The molecule has 2 aromatic rings. The van der Waals surface area contributed by atoms with Gasteiger partial charge in [-0.25, -0.2) is 4.39 Å². The van der Waals surface area contributed by atoms with Crippen molar-refractivity contribution < 1.29 is 4.39 Å². The Morgan fingerprint density at radius 1 is 1.00 bits per heavy atom. The van der Waals surface area contributed by atoms with E-state index in [4.69, 9.17) is 11.6 Å². The highest BCUT2D eigenvalue weighted by Crippen LogP contribution is 2.25. The molecule has 0 aliphatic heterocycles. The predicted molar refractivity (Wildman–Crippen MR) is 95.1 cm³/mol. The van der Waals surface area contributed by atoms with Gasteiger partial charge in [0.25, 0.3) is 0 Å². The van der Waals surface area contributed by atoms with Gasteiger partial charge in [0.2, 0.25) is 0 Å². The van der Waals surface area contributed by atoms with Crippen molar-refractivity contribution in [2.45, 2.75) is 39.3 Å². The van der Waals surface area contributed by atoms with Crippen LogP contribution < -0.4 is 0 Å². The number of alkyl halides is 1. The molecule has 0 saturated carbocycles. The average molecular weight is 317 g/mol. The predicted octanol–water partition coefficient (Wildman–Crippen LogP) is 6.36. The van der Waals surface area contributed by atoms with Gasteiger partial charge in [0, 0.05) is 11.4 Å². The quantitative estimate of drug-likeness (QED) is 0.563. The van der Waals surface area contributed by atoms with Gasteiger partial charge in [0.1, 0.15) is 5.67 Å². The Morgan fingerprint density at radius 3 is 2.14 bits per heavy atom. The molecule has 22 heavy (non-hydrogen) atoms. The summed E-state index contributed by atoms with van der Waals surface area (Å²) >= 11 is 6.26. The highest BCUT2D eigenvalue weighted by Gasteiger charge is 2.17. The molecule has 0 aliphatic rings. The lowest BCUT2D eigenvalue weighted by molar-refractivity contribution is 0.217. The third-order valence-corrected chi connectivity index (χ3v) is 3.90. The van der Waals surface area contributed by atoms with Gasteiger partial charge in [-0.2, -0.15) is 0 Å². The Hall–Kier alpha value is -1.60. The molecule has 2 aromatic carbocycles. The lowest BCUT2D eigenvalue weighted by atomic mass is 9.99. The minimum atomic E-state index is -1.25. The van der Waals surface area contributed by atoms with Gasteiger partial charge in [-0.1, -0.05) is 67.1 Å². The second-order valence-corrected chi connectivity index (χ2v) is 6.58. The van der Waals surface area contributed by atoms with E-state index in [1.165, 1.54) is 5.56 Å². The van der Waals surface area contributed by atoms with Crippen LogP contribution in [0.1, 0.15) is 43.0 Å². The van der Waals surface area contributed by atoms with Crippen LogP contribution in [0.5, 0.6) is 0 Å². The molecule has 0 fully saturated rings. The highest BCUT2D eigenvalue weighted by atomic mass is 35.5. The molecule has 116 valence electrons. The molecule has 0 unspecified atom stereocenters. The van der Waals surface area contributed by atoms with Gasteiger partial charge < -0.3 is 0 Å². The summed E-state index contributed by atoms with van der Waals surface area (Å²) < 4.78 is 13.7. The fourth-order valence-electron chi connectivity index (χ4n) is 2.32. The van der Waals surface area contributed by atoms with E-state index in [0.717, 1.165) is 23.1 Å². The third-order valence-electron chi connectivity index (χ3n) is 3.54. The minimum Gasteiger partial charge on any atom is -0.244 e. The monoisotopic (exact) mass is 316 g/mol. The Morgan fingerprint density at radius 2 is 1.59 bits per heavy atom. The van der Waals surface area contributed by atoms with E-state index in [1.807, 2.05) is 24.3 Å². The number of halogens is 2. The fourth-order valence-corrected chi connectivity index (χ4v) is 2.58. The largest absolute Gasteiger partial charge is 0.244 e. The van der Waals surface area contributed by atoms with Gasteiger partial charge in [-0.05, 0) is 48.6 Å². The minimum absolute atomic E-state index is 0.328. The standard InChI is InChI=1S/C20H22ClF/c1-4-15-5-7-16(8-6-15)9-10-17-11-12-18(19(21)13-17)14-20(2,3)22/h5-13H,4,14H2,1-3H3/b10-9+. The molecule has 0 nitrogen and oxygen atoms in total. The number of rotatable bonds is 5. The first-order valence-electron chi connectivity index (χ1n) is 7.62. The van der Waals surface area contributed by atoms with Crippen LogP contribution in [0, 0.1) is 0 Å². The van der Waals surface area contributed by atoms with Crippen LogP contribution in [0.3, 0.4) is 0 Å². The van der Waals surface area contributed by atoms with Crippen LogP contribution in [0.15, 0.2) is 42.5 Å². The summed E-state index contributed by atoms with van der Waals surface area (Å²) in [6.07, 6.45) is 5.46. The van der Waals surface area contributed by atoms with Crippen LogP contribution in [0.4, 0.5) is 4.39 Å². The molecule has 0 bridgehead atoms. The van der Waals surface area contributed by atoms with Crippen LogP contribution in [-0.4, -0.2) is 5.67 Å². The molecule has 0 N–H and O–H groups in total. The zero-order valence-electron chi connectivity index (χ0n) is 13.4. The highest BCUT2D eigenvalue weighted by molar-refractivity contribution is 6.31. The normalized spacial score (nSPS) is 12.0. The molecule has 2 rings (SSSR count). The molecule has 0 aromatic heterocycles. The van der Waals surface area contributed by atoms with Gasteiger partial charge >= 0.3 is 0 Å². The molecular formula is C20H22ClF. The lowest BCUT2D eigenvalue weighted by Crippen LogP contribution is -2.15. The molecule has 0 heterocycles. The molecular weight excluding hydrogens is 295 g/mol. The Kier molecular flexibility index (Phi) is 5.42. The van der Waals surface area contributed by atoms with Crippen LogP contribution in [0.25, 0.3) is 12.2 Å². The molecule has 0 amide bonds. The first kappa shape index (κ1) is 16.8. The van der Waals surface area contributed by atoms with Crippen molar-refractivity contribution in [3.05, 3.63) is 69.7 Å². The van der Waals surface area contributed by atoms with Crippen molar-refractivity contribution in [1.82, 2.24) is 0 Å². The van der Waals surface area contributed by atoms with Crippen molar-refractivity contribution >= 4 is 23.8 Å². The van der Waals surface area contributed by atoms with Gasteiger partial charge in [-0.3, -0.25) is 0 Å². The number of benzene rings is 2. The number of hydrogen-bond donors (Lipinski definition) is 0. The smallest absolute Gasteiger partial charge is 0.109 e. The maximum atomic E-state index is 13.7. The molecule has 0 radical (unpaired) electrons. The lowest BCUT2D eigenvalue weighted by Gasteiger charge is -2.15. The zero-order chi connectivity index (χ0) is 16.2. The van der Waals surface area contributed by atoms with Crippen molar-refractivity contribution in [3.8, 4) is 0 Å². The third kappa shape index (κ3) is 4.99. The summed E-state index contributed by atoms with van der Waals surface area (Å²) in [7, 11) is 0. The van der Waals surface area contributed by atoms with E-state index >= 15 is 0 Å². The van der Waals surface area contributed by atoms with Crippen molar-refractivity contribution in [3.63, 3.8) is 0 Å². The van der Waals surface area contributed by atoms with Crippen molar-refractivity contribution in [2.24, 2.45) is 0 Å². The molecule has 0 aliphatic carbocycles. The Labute approximate surface area is 137 Å². The van der Waals surface area contributed by atoms with Crippen molar-refractivity contribution in [2.75, 3.05) is 0 Å². The Bertz CT molecular complexity index is 648. The summed E-state index contributed by atoms with van der Waals surface area (Å²) in [6.45, 7) is 5.28. The van der Waals surface area contributed by atoms with E-state index < -0.39 is 5.67 Å². The SMILES string of the molecule is CCc1ccc(/C=C/c2ccc(CC(C)(C)F)c(Cl)c2)cc1. The molecule has 0 atom stereocenters. The number of hydrogen-bond acceptors (Lipinski definition) is 0. The maximum absolute atomic E-state index is 13.7. The summed E-state index contributed by atoms with van der Waals surface area (Å²) in [5, 5.41) is 0.620. The zero-order valence-corrected chi connectivity index (χ0v) is 14.1. The second-order valence-electron chi connectivity index (χ2n) is 6.17. The van der Waals surface area contributed by atoms with E-state index in [9.17, 15) is 4.39 Å². The average Bonchev–Trinajstić information content (AvgIpc) is 2.47. The van der Waals surface area contributed by atoms with Crippen LogP contribution >= 0.6 is 11.6 Å². The fraction of sp³-hybridized carbons (Fsp3) is 0.300. The van der Waals surface area contributed by atoms with Crippen LogP contribution in [0.2, 0.25) is 5.02 Å². The van der Waals surface area contributed by atoms with Crippen LogP contribution in [-0.2, 0) is 12.8 Å². The van der Waals surface area contributed by atoms with E-state index in [0.29, 0.717) is 11.4 Å². The van der Waals surface area contributed by atoms with E-state index in [1.54, 1.807) is 13.8 Å². The summed E-state index contributed by atoms with van der Waals surface area (Å²) in [5.41, 5.74) is 3.10. The maximum Gasteiger partial charge on any atom is 0.109 e. The van der Waals surface area contributed by atoms with Gasteiger partial charge in [-0.15, -0.1) is 0 Å². The number of aryl methyl sites for hydroxylation is 1. The second kappa shape index (κ2) is 7.11. The molecule has 0 saturated heterocycles. The first-order valence-corrected chi connectivity index (χ1v) is 7.99. The van der Waals surface area contributed by atoms with E-state index in [2.05, 4.69) is 37.3 Å². The Balaban J connectivity index is 2.12. The summed E-state index contributed by atoms with van der Waals surface area (Å²) in [5.74, 6) is 0. The summed E-state index contributed by atoms with van der Waals surface area (Å²) in [6, 6.07) is 14.3. The topological polar surface area (TPSA) is 0 Å². The van der Waals surface area contributed by atoms with Gasteiger partial charge in [0.15, 0.2) is 0 Å². The van der Waals surface area contributed by atoms with Gasteiger partial charge in [0.05, 0.1) is 0 Å². The molecule has 2 heteroatoms. The van der Waals surface area contributed by atoms with E-state index in [-0.39, 0.29) is 0 Å². The van der Waals surface area contributed by atoms with Crippen molar-refractivity contribution in [1.29, 1.82) is 0 Å². The summed E-state index contributed by atoms with van der Waals surface area (Å²) in [4.78, 5) is 0. The molecule has 0 spiro atoms.